The number of halogens is 7. The van der Waals surface area contributed by atoms with E-state index in [9.17, 15) is 13.2 Å². The lowest BCUT2D eigenvalue weighted by molar-refractivity contribution is -0.137. The van der Waals surface area contributed by atoms with Crippen molar-refractivity contribution in [1.29, 1.82) is 0 Å². The molecule has 112 valence electrons. The molecule has 0 amide bonds. The maximum Gasteiger partial charge on any atom is 0.416 e. The van der Waals surface area contributed by atoms with E-state index in [4.69, 9.17) is 46.4 Å². The Morgan fingerprint density at radius 3 is 1.90 bits per heavy atom. The normalized spacial score (nSPS) is 11.8. The van der Waals surface area contributed by atoms with Crippen LogP contribution in [0.2, 0.25) is 15.1 Å². The molecule has 0 radical (unpaired) electrons. The molecule has 2 aromatic carbocycles. The van der Waals surface area contributed by atoms with Crippen LogP contribution in [0.5, 0.6) is 0 Å². The number of hydrogen-bond donors (Lipinski definition) is 0. The molecule has 0 aromatic heterocycles. The summed E-state index contributed by atoms with van der Waals surface area (Å²) in [5, 5.41) is 0.651. The highest BCUT2D eigenvalue weighted by molar-refractivity contribution is 6.41. The minimum absolute atomic E-state index is 0.0558. The molecule has 0 saturated heterocycles. The molecule has 0 fully saturated rings. The van der Waals surface area contributed by atoms with Gasteiger partial charge in [0.15, 0.2) is 0 Å². The molecule has 0 saturated carbocycles. The van der Waals surface area contributed by atoms with Crippen LogP contribution >= 0.6 is 46.4 Å². The molecular formula is C14H7Cl4F3. The standard InChI is InChI=1S/C14H7Cl4F3/c15-6-7-1-8(3-9(2-7)14(19,20)21)13-11(17)4-10(16)5-12(13)18/h1-5H,6H2. The van der Waals surface area contributed by atoms with Crippen LogP contribution in [0.25, 0.3) is 11.1 Å². The maximum absolute atomic E-state index is 12.9. The second-order valence-electron chi connectivity index (χ2n) is 4.29. The zero-order valence-electron chi connectivity index (χ0n) is 10.2. The zero-order chi connectivity index (χ0) is 15.8. The van der Waals surface area contributed by atoms with Crippen LogP contribution in [-0.2, 0) is 12.1 Å². The summed E-state index contributed by atoms with van der Waals surface area (Å²) in [5.41, 5.74) is 0.0497. The Hall–Kier alpha value is -0.610. The smallest absolute Gasteiger partial charge is 0.166 e. The minimum atomic E-state index is -4.48. The molecule has 2 rings (SSSR count). The van der Waals surface area contributed by atoms with Crippen LogP contribution in [-0.4, -0.2) is 0 Å². The van der Waals surface area contributed by atoms with Gasteiger partial charge in [0.1, 0.15) is 0 Å². The lowest BCUT2D eigenvalue weighted by Gasteiger charge is -2.13. The first-order chi connectivity index (χ1) is 9.72. The average molecular weight is 374 g/mol. The predicted molar refractivity (Wildman–Crippen MR) is 81.5 cm³/mol. The first-order valence-corrected chi connectivity index (χ1v) is 7.31. The Bertz CT molecular complexity index is 657. The molecule has 0 aliphatic rings. The van der Waals surface area contributed by atoms with E-state index >= 15 is 0 Å². The van der Waals surface area contributed by atoms with Crippen molar-refractivity contribution in [3.05, 3.63) is 56.5 Å². The first kappa shape index (κ1) is 16.8. The van der Waals surface area contributed by atoms with Crippen molar-refractivity contribution in [1.82, 2.24) is 0 Å². The van der Waals surface area contributed by atoms with Gasteiger partial charge in [0.05, 0.1) is 15.6 Å². The van der Waals surface area contributed by atoms with Gasteiger partial charge in [0, 0.05) is 16.5 Å². The number of hydrogen-bond acceptors (Lipinski definition) is 0. The summed E-state index contributed by atoms with van der Waals surface area (Å²) in [4.78, 5) is 0. The van der Waals surface area contributed by atoms with Crippen molar-refractivity contribution in [2.45, 2.75) is 12.1 Å². The molecule has 2 aromatic rings. The van der Waals surface area contributed by atoms with Crippen LogP contribution in [0.4, 0.5) is 13.2 Å². The fourth-order valence-electron chi connectivity index (χ4n) is 1.90. The van der Waals surface area contributed by atoms with Gasteiger partial charge in [-0.3, -0.25) is 0 Å². The summed E-state index contributed by atoms with van der Waals surface area (Å²) in [6.45, 7) is 0. The molecule has 0 spiro atoms. The highest BCUT2D eigenvalue weighted by Gasteiger charge is 2.31. The summed E-state index contributed by atoms with van der Waals surface area (Å²) in [6.07, 6.45) is -4.48. The summed E-state index contributed by atoms with van der Waals surface area (Å²) in [5.74, 6) is -0.0558. The van der Waals surface area contributed by atoms with Crippen molar-refractivity contribution in [2.24, 2.45) is 0 Å². The van der Waals surface area contributed by atoms with Gasteiger partial charge in [-0.05, 0) is 41.5 Å². The highest BCUT2D eigenvalue weighted by Crippen LogP contribution is 2.40. The Balaban J connectivity index is 2.70. The second kappa shape index (κ2) is 6.25. The Labute approximate surface area is 139 Å². The third-order valence-electron chi connectivity index (χ3n) is 2.77. The van der Waals surface area contributed by atoms with Gasteiger partial charge in [-0.25, -0.2) is 0 Å². The van der Waals surface area contributed by atoms with E-state index in [1.54, 1.807) is 0 Å². The molecule has 7 heteroatoms. The lowest BCUT2D eigenvalue weighted by atomic mass is 10.00. The summed E-state index contributed by atoms with van der Waals surface area (Å²) in [6, 6.07) is 6.34. The van der Waals surface area contributed by atoms with E-state index in [0.717, 1.165) is 12.1 Å². The van der Waals surface area contributed by atoms with Gasteiger partial charge >= 0.3 is 6.18 Å². The molecule has 0 N–H and O–H groups in total. The third-order valence-corrected chi connectivity index (χ3v) is 3.89. The van der Waals surface area contributed by atoms with Crippen molar-refractivity contribution in [3.63, 3.8) is 0 Å². The van der Waals surface area contributed by atoms with Crippen LogP contribution in [0.3, 0.4) is 0 Å². The lowest BCUT2D eigenvalue weighted by Crippen LogP contribution is -2.06. The highest BCUT2D eigenvalue weighted by atomic mass is 35.5. The van der Waals surface area contributed by atoms with E-state index in [1.165, 1.54) is 18.2 Å². The van der Waals surface area contributed by atoms with E-state index in [0.29, 0.717) is 16.1 Å². The summed E-state index contributed by atoms with van der Waals surface area (Å²) < 4.78 is 38.8. The molecule has 0 unspecified atom stereocenters. The fraction of sp³-hybridized carbons (Fsp3) is 0.143. The van der Waals surface area contributed by atoms with Gasteiger partial charge in [0.25, 0.3) is 0 Å². The SMILES string of the molecule is FC(F)(F)c1cc(CCl)cc(-c2c(Cl)cc(Cl)cc2Cl)c1. The largest absolute Gasteiger partial charge is 0.416 e. The quantitative estimate of drug-likeness (QED) is 0.493. The van der Waals surface area contributed by atoms with E-state index in [2.05, 4.69) is 0 Å². The minimum Gasteiger partial charge on any atom is -0.166 e. The van der Waals surface area contributed by atoms with Gasteiger partial charge in [-0.15, -0.1) is 11.6 Å². The maximum atomic E-state index is 12.9. The zero-order valence-corrected chi connectivity index (χ0v) is 13.3. The van der Waals surface area contributed by atoms with Crippen LogP contribution in [0.15, 0.2) is 30.3 Å². The fourth-order valence-corrected chi connectivity index (χ4v) is 3.08. The topological polar surface area (TPSA) is 0 Å². The van der Waals surface area contributed by atoms with Crippen molar-refractivity contribution in [3.8, 4) is 11.1 Å². The number of alkyl halides is 4. The second-order valence-corrected chi connectivity index (χ2v) is 5.81. The number of benzene rings is 2. The molecule has 0 heterocycles. The molecule has 0 aliphatic heterocycles. The van der Waals surface area contributed by atoms with Gasteiger partial charge in [0.2, 0.25) is 0 Å². The van der Waals surface area contributed by atoms with Crippen molar-refractivity contribution < 1.29 is 13.2 Å². The van der Waals surface area contributed by atoms with Crippen LogP contribution in [0.1, 0.15) is 11.1 Å². The molecular weight excluding hydrogens is 367 g/mol. The molecule has 0 nitrogen and oxygen atoms in total. The summed E-state index contributed by atoms with van der Waals surface area (Å²) >= 11 is 23.6. The van der Waals surface area contributed by atoms with Crippen molar-refractivity contribution in [2.75, 3.05) is 0 Å². The number of rotatable bonds is 2. The van der Waals surface area contributed by atoms with E-state index in [-0.39, 0.29) is 21.5 Å². The monoisotopic (exact) mass is 372 g/mol. The molecule has 21 heavy (non-hydrogen) atoms. The third kappa shape index (κ3) is 3.78. The Morgan fingerprint density at radius 2 is 1.43 bits per heavy atom. The average Bonchev–Trinajstić information content (AvgIpc) is 2.36. The van der Waals surface area contributed by atoms with Crippen molar-refractivity contribution >= 4 is 46.4 Å². The van der Waals surface area contributed by atoms with E-state index < -0.39 is 11.7 Å². The van der Waals surface area contributed by atoms with Crippen LogP contribution in [0, 0.1) is 0 Å². The van der Waals surface area contributed by atoms with E-state index in [1.807, 2.05) is 0 Å². The predicted octanol–water partition coefficient (Wildman–Crippen LogP) is 7.07. The molecule has 0 bridgehead atoms. The first-order valence-electron chi connectivity index (χ1n) is 5.64. The van der Waals surface area contributed by atoms with Gasteiger partial charge in [-0.1, -0.05) is 34.8 Å². The Morgan fingerprint density at radius 1 is 0.857 bits per heavy atom. The van der Waals surface area contributed by atoms with Crippen LogP contribution < -0.4 is 0 Å². The van der Waals surface area contributed by atoms with Gasteiger partial charge in [-0.2, -0.15) is 13.2 Å². The molecule has 0 aliphatic carbocycles. The Kier molecular flexibility index (Phi) is 4.99. The van der Waals surface area contributed by atoms with Gasteiger partial charge < -0.3 is 0 Å². The molecule has 0 atom stereocenters. The summed E-state index contributed by atoms with van der Waals surface area (Å²) in [7, 11) is 0.